The number of nitrogens with one attached hydrogen (secondary N) is 1. The molecule has 1 aliphatic carbocycles. The fourth-order valence-corrected chi connectivity index (χ4v) is 2.64. The number of aliphatic hydroxyl groups is 1. The van der Waals surface area contributed by atoms with Crippen molar-refractivity contribution in [2.24, 2.45) is 0 Å². The third-order valence-corrected chi connectivity index (χ3v) is 4.11. The highest BCUT2D eigenvalue weighted by atomic mass is 16.3. The molecule has 4 N–H and O–H groups in total. The Morgan fingerprint density at radius 2 is 2.24 bits per heavy atom. The van der Waals surface area contributed by atoms with Crippen LogP contribution in [0, 0.1) is 6.92 Å². The van der Waals surface area contributed by atoms with E-state index in [-0.39, 0.29) is 12.5 Å². The van der Waals surface area contributed by atoms with Gasteiger partial charge in [-0.2, -0.15) is 0 Å². The molecule has 116 valence electrons. The number of benzene rings is 1. The predicted molar refractivity (Wildman–Crippen MR) is 85.1 cm³/mol. The van der Waals surface area contributed by atoms with Crippen molar-refractivity contribution in [3.05, 3.63) is 23.8 Å². The fraction of sp³-hybridized carbons (Fsp3) is 0.562. The van der Waals surface area contributed by atoms with Crippen LogP contribution in [-0.4, -0.2) is 41.7 Å². The van der Waals surface area contributed by atoms with Gasteiger partial charge < -0.3 is 16.2 Å². The molecule has 0 saturated heterocycles. The van der Waals surface area contributed by atoms with Crippen molar-refractivity contribution in [3.8, 4) is 0 Å². The van der Waals surface area contributed by atoms with Gasteiger partial charge in [-0.15, -0.1) is 0 Å². The molecule has 0 heterocycles. The first kappa shape index (κ1) is 15.8. The summed E-state index contributed by atoms with van der Waals surface area (Å²) in [5.74, 6) is -0.0409. The Balaban J connectivity index is 1.95. The normalized spacial score (nSPS) is 15.0. The number of hydrogen-bond donors (Lipinski definition) is 3. The van der Waals surface area contributed by atoms with E-state index in [4.69, 9.17) is 10.8 Å². The lowest BCUT2D eigenvalue weighted by atomic mass is 9.91. The zero-order valence-corrected chi connectivity index (χ0v) is 12.6. The maximum Gasteiger partial charge on any atom is 0.238 e. The van der Waals surface area contributed by atoms with Gasteiger partial charge in [0.05, 0.1) is 17.9 Å². The van der Waals surface area contributed by atoms with E-state index in [2.05, 4.69) is 10.2 Å². The molecule has 1 saturated carbocycles. The molecule has 1 fully saturated rings. The standard InChI is InChI=1S/C16H25N3O2/c1-12-5-2-8-14(17)16(12)18-15(21)11-19(9-4-10-20)13-6-3-7-13/h2,5,8,13,20H,3-4,6-7,9-11,17H2,1H3,(H,18,21). The first-order chi connectivity index (χ1) is 10.1. The van der Waals surface area contributed by atoms with Crippen LogP contribution in [0.1, 0.15) is 31.2 Å². The second-order valence-electron chi connectivity index (χ2n) is 5.72. The quantitative estimate of drug-likeness (QED) is 0.669. The van der Waals surface area contributed by atoms with Crippen molar-refractivity contribution in [3.63, 3.8) is 0 Å². The van der Waals surface area contributed by atoms with Crippen LogP contribution in [0.25, 0.3) is 0 Å². The van der Waals surface area contributed by atoms with Gasteiger partial charge in [-0.05, 0) is 37.8 Å². The van der Waals surface area contributed by atoms with Crippen LogP contribution in [0.2, 0.25) is 0 Å². The molecule has 0 radical (unpaired) electrons. The zero-order valence-electron chi connectivity index (χ0n) is 12.6. The monoisotopic (exact) mass is 291 g/mol. The van der Waals surface area contributed by atoms with E-state index >= 15 is 0 Å². The number of rotatable bonds is 7. The van der Waals surface area contributed by atoms with Gasteiger partial charge in [0.1, 0.15) is 0 Å². The van der Waals surface area contributed by atoms with Crippen LogP contribution in [0.15, 0.2) is 18.2 Å². The van der Waals surface area contributed by atoms with E-state index in [9.17, 15) is 4.79 Å². The van der Waals surface area contributed by atoms with Crippen LogP contribution in [0.5, 0.6) is 0 Å². The molecule has 0 atom stereocenters. The van der Waals surface area contributed by atoms with Gasteiger partial charge in [-0.25, -0.2) is 0 Å². The second kappa shape index (κ2) is 7.43. The number of para-hydroxylation sites is 1. The smallest absolute Gasteiger partial charge is 0.238 e. The number of carbonyl (C=O) groups is 1. The number of carbonyl (C=O) groups excluding carboxylic acids is 1. The zero-order chi connectivity index (χ0) is 15.2. The Labute approximate surface area is 126 Å². The predicted octanol–water partition coefficient (Wildman–Crippen LogP) is 1.75. The lowest BCUT2D eigenvalue weighted by Gasteiger charge is -2.37. The van der Waals surface area contributed by atoms with Gasteiger partial charge in [0.25, 0.3) is 0 Å². The van der Waals surface area contributed by atoms with Crippen LogP contribution >= 0.6 is 0 Å². The van der Waals surface area contributed by atoms with E-state index in [1.807, 2.05) is 19.1 Å². The van der Waals surface area contributed by atoms with E-state index < -0.39 is 0 Å². The Bertz CT molecular complexity index is 466. The Morgan fingerprint density at radius 1 is 1.48 bits per heavy atom. The first-order valence-corrected chi connectivity index (χ1v) is 7.61. The van der Waals surface area contributed by atoms with Crippen molar-refractivity contribution in [1.29, 1.82) is 0 Å². The summed E-state index contributed by atoms with van der Waals surface area (Å²) < 4.78 is 0. The third-order valence-electron chi connectivity index (χ3n) is 4.11. The largest absolute Gasteiger partial charge is 0.397 e. The second-order valence-corrected chi connectivity index (χ2v) is 5.72. The number of nitrogen functional groups attached to an aromatic ring is 1. The van der Waals surface area contributed by atoms with Gasteiger partial charge >= 0.3 is 0 Å². The van der Waals surface area contributed by atoms with Gasteiger partial charge in [0.15, 0.2) is 0 Å². The van der Waals surface area contributed by atoms with E-state index in [1.165, 1.54) is 6.42 Å². The topological polar surface area (TPSA) is 78.6 Å². The molecular weight excluding hydrogens is 266 g/mol. The molecule has 0 spiro atoms. The lowest BCUT2D eigenvalue weighted by Crippen LogP contribution is -2.45. The summed E-state index contributed by atoms with van der Waals surface area (Å²) in [4.78, 5) is 14.4. The SMILES string of the molecule is Cc1cccc(N)c1NC(=O)CN(CCCO)C1CCC1. The van der Waals surface area contributed by atoms with Crippen molar-refractivity contribution >= 4 is 17.3 Å². The average molecular weight is 291 g/mol. The Hall–Kier alpha value is -1.59. The molecule has 1 amide bonds. The summed E-state index contributed by atoms with van der Waals surface area (Å²) in [6, 6.07) is 6.08. The summed E-state index contributed by atoms with van der Waals surface area (Å²) in [5.41, 5.74) is 8.18. The molecular formula is C16H25N3O2. The number of aliphatic hydroxyl groups excluding tert-OH is 1. The summed E-state index contributed by atoms with van der Waals surface area (Å²) in [7, 11) is 0. The van der Waals surface area contributed by atoms with Crippen molar-refractivity contribution in [2.45, 2.75) is 38.6 Å². The van der Waals surface area contributed by atoms with Gasteiger partial charge in [0.2, 0.25) is 5.91 Å². The summed E-state index contributed by atoms with van der Waals surface area (Å²) in [6.07, 6.45) is 4.22. The molecule has 5 nitrogen and oxygen atoms in total. The molecule has 1 aliphatic rings. The van der Waals surface area contributed by atoms with Crippen LogP contribution in [-0.2, 0) is 4.79 Å². The molecule has 0 unspecified atom stereocenters. The highest BCUT2D eigenvalue weighted by Crippen LogP contribution is 2.26. The van der Waals surface area contributed by atoms with E-state index in [1.54, 1.807) is 6.07 Å². The Morgan fingerprint density at radius 3 is 2.81 bits per heavy atom. The molecule has 0 aliphatic heterocycles. The molecule has 0 aromatic heterocycles. The fourth-order valence-electron chi connectivity index (χ4n) is 2.64. The van der Waals surface area contributed by atoms with E-state index in [0.29, 0.717) is 30.4 Å². The summed E-state index contributed by atoms with van der Waals surface area (Å²) in [6.45, 7) is 3.22. The number of nitrogens with two attached hydrogens (primary N) is 1. The van der Waals surface area contributed by atoms with Crippen LogP contribution < -0.4 is 11.1 Å². The van der Waals surface area contributed by atoms with Crippen LogP contribution in [0.4, 0.5) is 11.4 Å². The number of anilines is 2. The summed E-state index contributed by atoms with van der Waals surface area (Å²) >= 11 is 0. The molecule has 5 heteroatoms. The molecule has 2 rings (SSSR count). The number of amides is 1. The third kappa shape index (κ3) is 4.19. The molecule has 0 bridgehead atoms. The van der Waals surface area contributed by atoms with Crippen LogP contribution in [0.3, 0.4) is 0 Å². The van der Waals surface area contributed by atoms with Gasteiger partial charge in [0, 0.05) is 19.2 Å². The van der Waals surface area contributed by atoms with Gasteiger partial charge in [-0.3, -0.25) is 9.69 Å². The maximum absolute atomic E-state index is 12.3. The Kier molecular flexibility index (Phi) is 5.59. The van der Waals surface area contributed by atoms with E-state index in [0.717, 1.165) is 24.9 Å². The highest BCUT2D eigenvalue weighted by Gasteiger charge is 2.26. The van der Waals surface area contributed by atoms with Crippen molar-refractivity contribution in [2.75, 3.05) is 30.7 Å². The minimum absolute atomic E-state index is 0.0409. The molecule has 1 aromatic rings. The minimum Gasteiger partial charge on any atom is -0.397 e. The number of aryl methyl sites for hydroxylation is 1. The first-order valence-electron chi connectivity index (χ1n) is 7.61. The number of hydrogen-bond acceptors (Lipinski definition) is 4. The molecule has 21 heavy (non-hydrogen) atoms. The average Bonchev–Trinajstić information content (AvgIpc) is 2.38. The van der Waals surface area contributed by atoms with Gasteiger partial charge in [-0.1, -0.05) is 18.6 Å². The van der Waals surface area contributed by atoms with Crippen molar-refractivity contribution in [1.82, 2.24) is 4.90 Å². The number of nitrogens with zero attached hydrogens (tertiary/aromatic N) is 1. The maximum atomic E-state index is 12.3. The van der Waals surface area contributed by atoms with Crippen molar-refractivity contribution < 1.29 is 9.90 Å². The summed E-state index contributed by atoms with van der Waals surface area (Å²) in [5, 5.41) is 11.9. The minimum atomic E-state index is -0.0409. The molecule has 1 aromatic carbocycles. The highest BCUT2D eigenvalue weighted by molar-refractivity contribution is 5.96. The lowest BCUT2D eigenvalue weighted by molar-refractivity contribution is -0.118.